The van der Waals surface area contributed by atoms with Crippen molar-refractivity contribution < 1.29 is 0 Å². The van der Waals surface area contributed by atoms with Gasteiger partial charge in [-0.2, -0.15) is 0 Å². The fourth-order valence-corrected chi connectivity index (χ4v) is 1.25. The molecule has 0 aliphatic heterocycles. The van der Waals surface area contributed by atoms with Crippen LogP contribution in [0.1, 0.15) is 0 Å². The number of hydrogen-bond acceptors (Lipinski definition) is 3. The third-order valence-corrected chi connectivity index (χ3v) is 2.05. The van der Waals surface area contributed by atoms with Crippen LogP contribution in [0.2, 0.25) is 0 Å². The summed E-state index contributed by atoms with van der Waals surface area (Å²) >= 11 is 4.94. The second-order valence-corrected chi connectivity index (χ2v) is 3.00. The minimum Gasteiger partial charge on any atom is -0.337 e. The quantitative estimate of drug-likeness (QED) is 0.529. The van der Waals surface area contributed by atoms with Crippen molar-refractivity contribution in [1.29, 1.82) is 0 Å². The molecule has 0 aliphatic rings. The van der Waals surface area contributed by atoms with E-state index in [0.29, 0.717) is 4.77 Å². The first-order valence-corrected chi connectivity index (χ1v) is 4.15. The average Bonchev–Trinajstić information content (AvgIpc) is 2.49. The van der Waals surface area contributed by atoms with E-state index in [1.165, 1.54) is 4.68 Å². The molecular weight excluding hydrogens is 184 g/mol. The maximum absolute atomic E-state index is 5.54. The van der Waals surface area contributed by atoms with Gasteiger partial charge in [0, 0.05) is 18.0 Å². The molecule has 3 N–H and O–H groups in total. The number of pyridine rings is 1. The van der Waals surface area contributed by atoms with Crippen molar-refractivity contribution in [3.63, 3.8) is 0 Å². The van der Waals surface area contributed by atoms with Gasteiger partial charge in [-0.15, -0.1) is 0 Å². The highest BCUT2D eigenvalue weighted by Gasteiger charge is 1.99. The Kier molecular flexibility index (Phi) is 1.86. The highest BCUT2D eigenvalue weighted by atomic mass is 32.1. The molecule has 0 atom stereocenters. The van der Waals surface area contributed by atoms with Crippen LogP contribution in [0, 0.1) is 4.77 Å². The normalized spacial score (nSPS) is 10.2. The van der Waals surface area contributed by atoms with Crippen LogP contribution in [0.25, 0.3) is 11.3 Å². The van der Waals surface area contributed by atoms with Crippen molar-refractivity contribution in [3.8, 4) is 11.3 Å². The van der Waals surface area contributed by atoms with Crippen molar-refractivity contribution >= 4 is 12.2 Å². The molecule has 2 rings (SSSR count). The summed E-state index contributed by atoms with van der Waals surface area (Å²) in [6.07, 6.45) is 5.19. The van der Waals surface area contributed by atoms with E-state index < -0.39 is 0 Å². The molecule has 0 unspecified atom stereocenters. The van der Waals surface area contributed by atoms with Crippen molar-refractivity contribution in [2.24, 2.45) is 0 Å². The summed E-state index contributed by atoms with van der Waals surface area (Å²) in [5.74, 6) is 5.54. The fourth-order valence-electron chi connectivity index (χ4n) is 1.09. The predicted molar refractivity (Wildman–Crippen MR) is 53.0 cm³/mol. The molecule has 0 fully saturated rings. The molecule has 0 bridgehead atoms. The van der Waals surface area contributed by atoms with E-state index >= 15 is 0 Å². The molecule has 0 aliphatic carbocycles. The zero-order chi connectivity index (χ0) is 9.26. The average molecular weight is 192 g/mol. The fraction of sp³-hybridized carbons (Fsp3) is 0. The van der Waals surface area contributed by atoms with Crippen molar-refractivity contribution in [2.75, 3.05) is 5.84 Å². The van der Waals surface area contributed by atoms with Gasteiger partial charge >= 0.3 is 0 Å². The van der Waals surface area contributed by atoms with E-state index in [4.69, 9.17) is 18.1 Å². The number of H-pyrrole nitrogens is 1. The Hall–Kier alpha value is -1.62. The molecule has 66 valence electrons. The second kappa shape index (κ2) is 3.02. The Morgan fingerprint density at radius 2 is 2.08 bits per heavy atom. The summed E-state index contributed by atoms with van der Waals surface area (Å²) in [5.41, 5.74) is 1.92. The SMILES string of the molecule is Nn1cc(-c2ccncc2)[nH]c1=S. The first-order chi connectivity index (χ1) is 6.27. The molecule has 0 radical (unpaired) electrons. The lowest BCUT2D eigenvalue weighted by atomic mass is 10.2. The van der Waals surface area contributed by atoms with Crippen LogP contribution in [0.15, 0.2) is 30.7 Å². The molecule has 0 amide bonds. The first-order valence-electron chi connectivity index (χ1n) is 3.74. The summed E-state index contributed by atoms with van der Waals surface area (Å²) in [7, 11) is 0. The van der Waals surface area contributed by atoms with Gasteiger partial charge in [0.05, 0.1) is 11.9 Å². The lowest BCUT2D eigenvalue weighted by Crippen LogP contribution is -2.05. The Morgan fingerprint density at radius 3 is 2.62 bits per heavy atom. The highest BCUT2D eigenvalue weighted by molar-refractivity contribution is 7.71. The molecule has 13 heavy (non-hydrogen) atoms. The molecule has 4 nitrogen and oxygen atoms in total. The minimum atomic E-state index is 0.506. The van der Waals surface area contributed by atoms with Gasteiger partial charge in [-0.25, -0.2) is 4.68 Å². The molecule has 0 saturated heterocycles. The van der Waals surface area contributed by atoms with Gasteiger partial charge < -0.3 is 10.8 Å². The minimum absolute atomic E-state index is 0.506. The van der Waals surface area contributed by atoms with E-state index in [0.717, 1.165) is 11.3 Å². The largest absolute Gasteiger partial charge is 0.337 e. The summed E-state index contributed by atoms with van der Waals surface area (Å²) in [5, 5.41) is 0. The standard InChI is InChI=1S/C8H8N4S/c9-12-5-7(11-8(12)13)6-1-3-10-4-2-6/h1-5H,9H2,(H,11,13). The van der Waals surface area contributed by atoms with Crippen LogP contribution in [-0.4, -0.2) is 14.6 Å². The van der Waals surface area contributed by atoms with E-state index in [1.807, 2.05) is 12.1 Å². The molecule has 2 aromatic rings. The number of hydrogen-bond donors (Lipinski definition) is 2. The zero-order valence-corrected chi connectivity index (χ0v) is 7.58. The zero-order valence-electron chi connectivity index (χ0n) is 6.77. The number of imidazole rings is 1. The molecular formula is C8H8N4S. The van der Waals surface area contributed by atoms with Crippen molar-refractivity contribution in [2.45, 2.75) is 0 Å². The molecule has 0 saturated carbocycles. The number of nitrogens with zero attached hydrogens (tertiary/aromatic N) is 2. The second-order valence-electron chi connectivity index (χ2n) is 2.62. The number of aromatic nitrogens is 3. The third kappa shape index (κ3) is 1.46. The van der Waals surface area contributed by atoms with E-state index in [9.17, 15) is 0 Å². The Morgan fingerprint density at radius 1 is 1.38 bits per heavy atom. The first kappa shape index (κ1) is 8.00. The third-order valence-electron chi connectivity index (χ3n) is 1.74. The molecule has 2 aromatic heterocycles. The summed E-state index contributed by atoms with van der Waals surface area (Å²) in [6, 6.07) is 3.78. The molecule has 5 heteroatoms. The van der Waals surface area contributed by atoms with E-state index in [1.54, 1.807) is 18.6 Å². The van der Waals surface area contributed by atoms with Crippen LogP contribution in [0.3, 0.4) is 0 Å². The van der Waals surface area contributed by atoms with Crippen LogP contribution in [0.5, 0.6) is 0 Å². The van der Waals surface area contributed by atoms with Gasteiger partial charge in [0.25, 0.3) is 0 Å². The van der Waals surface area contributed by atoms with Gasteiger partial charge in [0.1, 0.15) is 0 Å². The maximum Gasteiger partial charge on any atom is 0.196 e. The Bertz CT molecular complexity index is 456. The van der Waals surface area contributed by atoms with Crippen LogP contribution in [-0.2, 0) is 0 Å². The lowest BCUT2D eigenvalue weighted by Gasteiger charge is -1.93. The van der Waals surface area contributed by atoms with Crippen LogP contribution in [0.4, 0.5) is 0 Å². The van der Waals surface area contributed by atoms with Gasteiger partial charge in [-0.1, -0.05) is 0 Å². The van der Waals surface area contributed by atoms with Crippen molar-refractivity contribution in [1.82, 2.24) is 14.6 Å². The van der Waals surface area contributed by atoms with Crippen LogP contribution < -0.4 is 5.84 Å². The smallest absolute Gasteiger partial charge is 0.196 e. The summed E-state index contributed by atoms with van der Waals surface area (Å²) < 4.78 is 1.89. The monoisotopic (exact) mass is 192 g/mol. The van der Waals surface area contributed by atoms with Crippen molar-refractivity contribution in [3.05, 3.63) is 35.5 Å². The van der Waals surface area contributed by atoms with E-state index in [-0.39, 0.29) is 0 Å². The number of nitrogens with two attached hydrogens (primary N) is 1. The lowest BCUT2D eigenvalue weighted by molar-refractivity contribution is 0.977. The number of nitrogens with one attached hydrogen (secondary N) is 1. The van der Waals surface area contributed by atoms with Crippen LogP contribution >= 0.6 is 12.2 Å². The van der Waals surface area contributed by atoms with Gasteiger partial charge in [0.15, 0.2) is 4.77 Å². The molecule has 2 heterocycles. The Balaban J connectivity index is 2.54. The number of nitrogen functional groups attached to an aromatic ring is 1. The van der Waals surface area contributed by atoms with Gasteiger partial charge in [-0.3, -0.25) is 4.98 Å². The van der Waals surface area contributed by atoms with Gasteiger partial charge in [-0.05, 0) is 24.4 Å². The topological polar surface area (TPSA) is 59.6 Å². The maximum atomic E-state index is 5.54. The summed E-state index contributed by atoms with van der Waals surface area (Å²) in [4.78, 5) is 6.91. The molecule has 0 aromatic carbocycles. The Labute approximate surface area is 80.0 Å². The van der Waals surface area contributed by atoms with E-state index in [2.05, 4.69) is 9.97 Å². The predicted octanol–water partition coefficient (Wildman–Crippen LogP) is 1.32. The molecule has 0 spiro atoms. The highest BCUT2D eigenvalue weighted by Crippen LogP contribution is 2.14. The number of rotatable bonds is 1. The summed E-state index contributed by atoms with van der Waals surface area (Å²) in [6.45, 7) is 0. The number of aromatic amines is 1. The van der Waals surface area contributed by atoms with Gasteiger partial charge in [0.2, 0.25) is 0 Å².